The highest BCUT2D eigenvalue weighted by atomic mass is 16.5. The molecule has 0 radical (unpaired) electrons. The van der Waals surface area contributed by atoms with Crippen LogP contribution in [0.5, 0.6) is 0 Å². The average molecular weight is 336 g/mol. The molecule has 3 rings (SSSR count). The summed E-state index contributed by atoms with van der Waals surface area (Å²) in [6, 6.07) is 17.7. The molecule has 0 saturated carbocycles. The van der Waals surface area contributed by atoms with Gasteiger partial charge in [0.05, 0.1) is 6.61 Å². The van der Waals surface area contributed by atoms with Crippen LogP contribution in [0, 0.1) is 0 Å². The van der Waals surface area contributed by atoms with Gasteiger partial charge in [0, 0.05) is 24.0 Å². The number of nitrogens with zero attached hydrogens (tertiary/aromatic N) is 4. The maximum atomic E-state index is 6.02. The van der Waals surface area contributed by atoms with E-state index in [9.17, 15) is 0 Å². The summed E-state index contributed by atoms with van der Waals surface area (Å²) in [5.41, 5.74) is 8.88. The first-order chi connectivity index (χ1) is 12.3. The zero-order valence-electron chi connectivity index (χ0n) is 14.0. The second-order valence-electron chi connectivity index (χ2n) is 5.37. The molecule has 0 spiro atoms. The molecule has 2 aromatic carbocycles. The van der Waals surface area contributed by atoms with E-state index in [1.165, 1.54) is 0 Å². The summed E-state index contributed by atoms with van der Waals surface area (Å²) in [6.07, 6.45) is 1.66. The van der Waals surface area contributed by atoms with Crippen LogP contribution in [0.3, 0.4) is 0 Å². The van der Waals surface area contributed by atoms with Gasteiger partial charge >= 0.3 is 0 Å². The normalized spacial score (nSPS) is 11.5. The van der Waals surface area contributed by atoms with Crippen LogP contribution in [0.25, 0.3) is 5.69 Å². The van der Waals surface area contributed by atoms with Crippen molar-refractivity contribution in [1.29, 1.82) is 0 Å². The minimum atomic E-state index is 0.311. The van der Waals surface area contributed by atoms with Crippen LogP contribution in [0.2, 0.25) is 0 Å². The van der Waals surface area contributed by atoms with Crippen LogP contribution in [-0.4, -0.2) is 27.8 Å². The van der Waals surface area contributed by atoms with Crippen molar-refractivity contribution in [3.05, 3.63) is 72.3 Å². The second kappa shape index (κ2) is 8.07. The number of nitrogens with one attached hydrogen (secondary N) is 1. The minimum absolute atomic E-state index is 0.311. The van der Waals surface area contributed by atoms with Gasteiger partial charge in [0.15, 0.2) is 11.8 Å². The molecule has 3 aromatic rings. The van der Waals surface area contributed by atoms with Crippen molar-refractivity contribution in [2.45, 2.75) is 13.2 Å². The van der Waals surface area contributed by atoms with E-state index in [1.54, 1.807) is 13.4 Å². The molecule has 3 N–H and O–H groups in total. The fourth-order valence-electron chi connectivity index (χ4n) is 2.43. The standard InChI is InChI=1S/C18H20N6O/c1-25-12-14-7-5-6-10-16(14)22-18(19)20-11-17-23-21-13-24(17)15-8-3-2-4-9-15/h2-10,13H,11-12H2,1H3,(H3,19,20,22). The number of ether oxygens (including phenoxy) is 1. The average Bonchev–Trinajstić information content (AvgIpc) is 3.11. The first kappa shape index (κ1) is 16.7. The Morgan fingerprint density at radius 3 is 2.72 bits per heavy atom. The summed E-state index contributed by atoms with van der Waals surface area (Å²) < 4.78 is 7.08. The largest absolute Gasteiger partial charge is 0.380 e. The molecule has 0 fully saturated rings. The number of hydrogen-bond donors (Lipinski definition) is 2. The summed E-state index contributed by atoms with van der Waals surface area (Å²) in [5.74, 6) is 1.02. The van der Waals surface area contributed by atoms with Crippen molar-refractivity contribution in [2.75, 3.05) is 12.4 Å². The van der Waals surface area contributed by atoms with Crippen LogP contribution in [0.15, 0.2) is 65.9 Å². The zero-order chi connectivity index (χ0) is 17.5. The van der Waals surface area contributed by atoms with E-state index in [2.05, 4.69) is 20.5 Å². The molecule has 0 atom stereocenters. The van der Waals surface area contributed by atoms with Gasteiger partial charge in [-0.25, -0.2) is 4.99 Å². The van der Waals surface area contributed by atoms with E-state index in [-0.39, 0.29) is 0 Å². The molecule has 0 unspecified atom stereocenters. The van der Waals surface area contributed by atoms with Gasteiger partial charge in [-0.05, 0) is 18.2 Å². The van der Waals surface area contributed by atoms with Crippen LogP contribution < -0.4 is 11.1 Å². The Morgan fingerprint density at radius 2 is 1.92 bits per heavy atom. The smallest absolute Gasteiger partial charge is 0.193 e. The number of guanidine groups is 1. The number of para-hydroxylation sites is 2. The fraction of sp³-hybridized carbons (Fsp3) is 0.167. The molecule has 7 nitrogen and oxygen atoms in total. The minimum Gasteiger partial charge on any atom is -0.380 e. The first-order valence-corrected chi connectivity index (χ1v) is 7.86. The summed E-state index contributed by atoms with van der Waals surface area (Å²) in [5, 5.41) is 11.2. The maximum absolute atomic E-state index is 6.02. The molecule has 0 aliphatic carbocycles. The SMILES string of the molecule is COCc1ccccc1NC(N)=NCc1nncn1-c1ccccc1. The highest BCUT2D eigenvalue weighted by Gasteiger charge is 2.06. The molecule has 1 aromatic heterocycles. The van der Waals surface area contributed by atoms with Gasteiger partial charge in [0.1, 0.15) is 12.9 Å². The lowest BCUT2D eigenvalue weighted by Crippen LogP contribution is -2.23. The Bertz CT molecular complexity index is 844. The van der Waals surface area contributed by atoms with E-state index in [1.807, 2.05) is 59.2 Å². The highest BCUT2D eigenvalue weighted by molar-refractivity contribution is 5.92. The summed E-state index contributed by atoms with van der Waals surface area (Å²) in [7, 11) is 1.66. The molecule has 0 aliphatic heterocycles. The zero-order valence-corrected chi connectivity index (χ0v) is 14.0. The number of nitrogens with two attached hydrogens (primary N) is 1. The number of rotatable bonds is 6. The highest BCUT2D eigenvalue weighted by Crippen LogP contribution is 2.15. The topological polar surface area (TPSA) is 90.3 Å². The van der Waals surface area contributed by atoms with Gasteiger partial charge < -0.3 is 15.8 Å². The lowest BCUT2D eigenvalue weighted by molar-refractivity contribution is 0.185. The van der Waals surface area contributed by atoms with Gasteiger partial charge in [0.2, 0.25) is 0 Å². The second-order valence-corrected chi connectivity index (χ2v) is 5.37. The van der Waals surface area contributed by atoms with Crippen LogP contribution >= 0.6 is 0 Å². The molecule has 0 aliphatic rings. The molecule has 0 amide bonds. The number of hydrogen-bond acceptors (Lipinski definition) is 4. The predicted octanol–water partition coefficient (Wildman–Crippen LogP) is 2.34. The van der Waals surface area contributed by atoms with Crippen LogP contribution in [-0.2, 0) is 17.9 Å². The molecule has 0 bridgehead atoms. The van der Waals surface area contributed by atoms with Crippen molar-refractivity contribution in [2.24, 2.45) is 10.7 Å². The van der Waals surface area contributed by atoms with Gasteiger partial charge in [0.25, 0.3) is 0 Å². The molecule has 128 valence electrons. The van der Waals surface area contributed by atoms with E-state index in [4.69, 9.17) is 10.5 Å². The number of benzene rings is 2. The monoisotopic (exact) mass is 336 g/mol. The van der Waals surface area contributed by atoms with Crippen LogP contribution in [0.4, 0.5) is 5.69 Å². The molecule has 7 heteroatoms. The molecule has 25 heavy (non-hydrogen) atoms. The summed E-state index contributed by atoms with van der Waals surface area (Å²) >= 11 is 0. The lowest BCUT2D eigenvalue weighted by Gasteiger charge is -2.11. The third-order valence-electron chi connectivity index (χ3n) is 3.62. The number of anilines is 1. The van der Waals surface area contributed by atoms with Gasteiger partial charge in [-0.2, -0.15) is 0 Å². The van der Waals surface area contributed by atoms with Crippen molar-refractivity contribution in [3.8, 4) is 5.69 Å². The Morgan fingerprint density at radius 1 is 1.16 bits per heavy atom. The van der Waals surface area contributed by atoms with Crippen molar-refractivity contribution in [1.82, 2.24) is 14.8 Å². The quantitative estimate of drug-likeness (QED) is 0.533. The Kier molecular flexibility index (Phi) is 5.38. The number of methoxy groups -OCH3 is 1. The summed E-state index contributed by atoms with van der Waals surface area (Å²) in [4.78, 5) is 4.37. The number of aromatic nitrogens is 3. The Balaban J connectivity index is 1.72. The van der Waals surface area contributed by atoms with E-state index in [0.717, 1.165) is 16.9 Å². The van der Waals surface area contributed by atoms with Gasteiger partial charge in [-0.3, -0.25) is 4.57 Å². The third kappa shape index (κ3) is 4.21. The molecular formula is C18H20N6O. The van der Waals surface area contributed by atoms with E-state index in [0.29, 0.717) is 24.9 Å². The van der Waals surface area contributed by atoms with E-state index >= 15 is 0 Å². The Labute approximate surface area is 146 Å². The summed E-state index contributed by atoms with van der Waals surface area (Å²) in [6.45, 7) is 0.818. The predicted molar refractivity (Wildman–Crippen MR) is 97.5 cm³/mol. The van der Waals surface area contributed by atoms with E-state index < -0.39 is 0 Å². The molecule has 1 heterocycles. The van der Waals surface area contributed by atoms with Crippen molar-refractivity contribution < 1.29 is 4.74 Å². The van der Waals surface area contributed by atoms with Crippen molar-refractivity contribution in [3.63, 3.8) is 0 Å². The number of aliphatic imine (C=N–C) groups is 1. The van der Waals surface area contributed by atoms with Crippen LogP contribution in [0.1, 0.15) is 11.4 Å². The Hall–Kier alpha value is -3.19. The lowest BCUT2D eigenvalue weighted by atomic mass is 10.2. The molecular weight excluding hydrogens is 316 g/mol. The van der Waals surface area contributed by atoms with Gasteiger partial charge in [-0.1, -0.05) is 36.4 Å². The fourth-order valence-corrected chi connectivity index (χ4v) is 2.43. The van der Waals surface area contributed by atoms with Gasteiger partial charge in [-0.15, -0.1) is 10.2 Å². The molecule has 0 saturated heterocycles. The van der Waals surface area contributed by atoms with Crippen molar-refractivity contribution >= 4 is 11.6 Å². The maximum Gasteiger partial charge on any atom is 0.193 e. The third-order valence-corrected chi connectivity index (χ3v) is 3.62. The first-order valence-electron chi connectivity index (χ1n) is 7.86.